The summed E-state index contributed by atoms with van der Waals surface area (Å²) >= 11 is 14.4. The Kier molecular flexibility index (Phi) is 6.33. The van der Waals surface area contributed by atoms with Crippen LogP contribution in [0.25, 0.3) is 0 Å². The minimum absolute atomic E-state index is 0.602. The summed E-state index contributed by atoms with van der Waals surface area (Å²) in [5.74, 6) is 0. The highest BCUT2D eigenvalue weighted by atomic mass is 35.6. The normalized spacial score (nSPS) is 10.8. The van der Waals surface area contributed by atoms with Crippen LogP contribution in [-0.2, 0) is 6.18 Å². The van der Waals surface area contributed by atoms with E-state index in [1.54, 1.807) is 6.07 Å². The molecule has 0 radical (unpaired) electrons. The van der Waals surface area contributed by atoms with Crippen molar-refractivity contribution in [3.05, 3.63) is 35.9 Å². The average Bonchev–Trinajstić information content (AvgIpc) is 2.03. The van der Waals surface area contributed by atoms with Gasteiger partial charge >= 0.3 is 6.18 Å². The van der Waals surface area contributed by atoms with Gasteiger partial charge in [0.1, 0.15) is 0 Å². The molecule has 0 saturated carbocycles. The van der Waals surface area contributed by atoms with Crippen molar-refractivity contribution in [1.82, 2.24) is 0 Å². The van der Waals surface area contributed by atoms with Crippen LogP contribution in [0.3, 0.4) is 0 Å². The highest BCUT2D eigenvalue weighted by molar-refractivity contribution is 6.63. The molecule has 0 amide bonds. The van der Waals surface area contributed by atoms with Crippen LogP contribution >= 0.6 is 34.8 Å². The fourth-order valence-corrected chi connectivity index (χ4v) is 0.627. The van der Waals surface area contributed by atoms with Crippen molar-refractivity contribution in [3.63, 3.8) is 0 Å². The van der Waals surface area contributed by atoms with Crippen molar-refractivity contribution in [2.45, 2.75) is 10.5 Å². The van der Waals surface area contributed by atoms with E-state index in [1.165, 1.54) is 12.1 Å². The zero-order valence-corrected chi connectivity index (χ0v) is 9.00. The average molecular weight is 265 g/mol. The maximum Gasteiger partial charge on any atom is 0.416 e. The van der Waals surface area contributed by atoms with Gasteiger partial charge in [-0.2, -0.15) is 13.2 Å². The van der Waals surface area contributed by atoms with Crippen LogP contribution in [0.4, 0.5) is 13.2 Å². The molecular formula is C8H6Cl3F3. The SMILES string of the molecule is ClC(Cl)Cl.FC(F)(F)c1ccccc1. The molecule has 0 spiro atoms. The van der Waals surface area contributed by atoms with Crippen molar-refractivity contribution in [2.24, 2.45) is 0 Å². The molecule has 0 heterocycles. The van der Waals surface area contributed by atoms with Crippen molar-refractivity contribution < 1.29 is 13.2 Å². The van der Waals surface area contributed by atoms with Crippen LogP contribution in [0.5, 0.6) is 0 Å². The third-order valence-electron chi connectivity index (χ3n) is 1.10. The fourth-order valence-electron chi connectivity index (χ4n) is 0.627. The molecule has 0 aliphatic carbocycles. The van der Waals surface area contributed by atoms with Crippen LogP contribution in [0, 0.1) is 0 Å². The van der Waals surface area contributed by atoms with E-state index in [4.69, 9.17) is 34.8 Å². The molecule has 6 heteroatoms. The Morgan fingerprint density at radius 3 is 1.50 bits per heavy atom. The van der Waals surface area contributed by atoms with Gasteiger partial charge in [-0.25, -0.2) is 0 Å². The predicted molar refractivity (Wildman–Crippen MR) is 52.8 cm³/mol. The summed E-state index contributed by atoms with van der Waals surface area (Å²) < 4.78 is 34.6. The van der Waals surface area contributed by atoms with E-state index in [-0.39, 0.29) is 0 Å². The second-order valence-electron chi connectivity index (χ2n) is 2.11. The Hall–Kier alpha value is -0.120. The zero-order chi connectivity index (χ0) is 11.2. The summed E-state index contributed by atoms with van der Waals surface area (Å²) in [6, 6.07) is 6.36. The lowest BCUT2D eigenvalue weighted by Gasteiger charge is -2.03. The van der Waals surface area contributed by atoms with Gasteiger partial charge in [0, 0.05) is 0 Å². The molecule has 0 unspecified atom stereocenters. The summed E-state index contributed by atoms with van der Waals surface area (Å²) in [5.41, 5.74) is -0.602. The molecule has 0 atom stereocenters. The molecule has 0 nitrogen and oxygen atoms in total. The van der Waals surface area contributed by atoms with Gasteiger partial charge in [0.2, 0.25) is 0 Å². The Balaban J connectivity index is 0.000000364. The van der Waals surface area contributed by atoms with Crippen molar-refractivity contribution in [2.75, 3.05) is 0 Å². The van der Waals surface area contributed by atoms with Crippen molar-refractivity contribution in [3.8, 4) is 0 Å². The Morgan fingerprint density at radius 1 is 0.929 bits per heavy atom. The van der Waals surface area contributed by atoms with E-state index in [2.05, 4.69) is 0 Å². The van der Waals surface area contributed by atoms with Gasteiger partial charge in [0.25, 0.3) is 0 Å². The number of halogens is 6. The van der Waals surface area contributed by atoms with E-state index < -0.39 is 16.0 Å². The van der Waals surface area contributed by atoms with Crippen LogP contribution in [-0.4, -0.2) is 4.30 Å². The van der Waals surface area contributed by atoms with E-state index in [0.29, 0.717) is 0 Å². The second kappa shape index (κ2) is 6.38. The first-order valence-electron chi connectivity index (χ1n) is 3.38. The minimum Gasteiger partial charge on any atom is -0.166 e. The molecule has 80 valence electrons. The first kappa shape index (κ1) is 13.9. The Bertz CT molecular complexity index is 243. The van der Waals surface area contributed by atoms with Crippen molar-refractivity contribution >= 4 is 34.8 Å². The van der Waals surface area contributed by atoms with Crippen LogP contribution in [0.2, 0.25) is 0 Å². The van der Waals surface area contributed by atoms with Crippen molar-refractivity contribution in [1.29, 1.82) is 0 Å². The molecule has 1 aromatic carbocycles. The molecule has 0 saturated heterocycles. The van der Waals surface area contributed by atoms with Gasteiger partial charge in [-0.15, -0.1) is 0 Å². The molecule has 1 aromatic rings. The highest BCUT2D eigenvalue weighted by Gasteiger charge is 2.29. The topological polar surface area (TPSA) is 0 Å². The number of rotatable bonds is 0. The predicted octanol–water partition coefficient (Wildman–Crippen LogP) is 4.69. The molecule has 0 N–H and O–H groups in total. The fraction of sp³-hybridized carbons (Fsp3) is 0.250. The van der Waals surface area contributed by atoms with E-state index in [0.717, 1.165) is 12.1 Å². The van der Waals surface area contributed by atoms with Gasteiger partial charge in [-0.3, -0.25) is 0 Å². The lowest BCUT2D eigenvalue weighted by molar-refractivity contribution is -0.137. The molecule has 1 rings (SSSR count). The van der Waals surface area contributed by atoms with E-state index in [9.17, 15) is 13.2 Å². The summed E-state index contributed by atoms with van der Waals surface area (Å²) in [4.78, 5) is 0. The number of hydrogen-bond acceptors (Lipinski definition) is 0. The summed E-state index contributed by atoms with van der Waals surface area (Å²) in [5, 5.41) is 0. The largest absolute Gasteiger partial charge is 0.416 e. The van der Waals surface area contributed by atoms with E-state index in [1.807, 2.05) is 0 Å². The van der Waals surface area contributed by atoms with E-state index >= 15 is 0 Å². The standard InChI is InChI=1S/C7H5F3.CHCl3/c8-7(9,10)6-4-2-1-3-5-6;2-1(3)4/h1-5H;1H. The molecule has 0 fully saturated rings. The van der Waals surface area contributed by atoms with Crippen LogP contribution in [0.15, 0.2) is 30.3 Å². The van der Waals surface area contributed by atoms with Crippen LogP contribution in [0.1, 0.15) is 5.56 Å². The maximum absolute atomic E-state index is 11.8. The molecule has 14 heavy (non-hydrogen) atoms. The quantitative estimate of drug-likeness (QED) is 0.597. The van der Waals surface area contributed by atoms with Gasteiger partial charge in [-0.05, 0) is 0 Å². The van der Waals surface area contributed by atoms with Crippen LogP contribution < -0.4 is 0 Å². The van der Waals surface area contributed by atoms with Gasteiger partial charge in [0.15, 0.2) is 4.30 Å². The number of benzene rings is 1. The molecule has 0 aromatic heterocycles. The first-order chi connectivity index (χ1) is 6.34. The maximum atomic E-state index is 11.8. The molecular weight excluding hydrogens is 259 g/mol. The van der Waals surface area contributed by atoms with Gasteiger partial charge in [0.05, 0.1) is 5.56 Å². The Morgan fingerprint density at radius 2 is 1.29 bits per heavy atom. The molecule has 0 aliphatic heterocycles. The van der Waals surface area contributed by atoms with Gasteiger partial charge in [-0.1, -0.05) is 65.1 Å². The summed E-state index contributed by atoms with van der Waals surface area (Å²) in [6.07, 6.45) is -4.21. The number of alkyl halides is 6. The summed E-state index contributed by atoms with van der Waals surface area (Å²) in [7, 11) is 0. The lowest BCUT2D eigenvalue weighted by Crippen LogP contribution is -2.03. The monoisotopic (exact) mass is 264 g/mol. The number of hydrogen-bond donors (Lipinski definition) is 0. The third kappa shape index (κ3) is 7.30. The first-order valence-corrected chi connectivity index (χ1v) is 4.69. The second-order valence-corrected chi connectivity index (χ2v) is 4.09. The minimum atomic E-state index is -4.21. The third-order valence-corrected chi connectivity index (χ3v) is 1.10. The lowest BCUT2D eigenvalue weighted by atomic mass is 10.2. The zero-order valence-electron chi connectivity index (χ0n) is 6.73. The highest BCUT2D eigenvalue weighted by Crippen LogP contribution is 2.28. The smallest absolute Gasteiger partial charge is 0.166 e. The van der Waals surface area contributed by atoms with Gasteiger partial charge < -0.3 is 0 Å². The summed E-state index contributed by atoms with van der Waals surface area (Å²) in [6.45, 7) is 0. The Labute approximate surface area is 94.6 Å². The molecule has 0 aliphatic rings. The molecule has 0 bridgehead atoms.